The second-order valence-corrected chi connectivity index (χ2v) is 4.56. The molecule has 0 bridgehead atoms. The van der Waals surface area contributed by atoms with Gasteiger partial charge in [0.15, 0.2) is 0 Å². The van der Waals surface area contributed by atoms with Gasteiger partial charge in [0.1, 0.15) is 18.1 Å². The summed E-state index contributed by atoms with van der Waals surface area (Å²) < 4.78 is 11.6. The van der Waals surface area contributed by atoms with Gasteiger partial charge in [-0.3, -0.25) is 0 Å². The van der Waals surface area contributed by atoms with E-state index < -0.39 is 5.97 Å². The van der Waals surface area contributed by atoms with Gasteiger partial charge >= 0.3 is 5.97 Å². The molecule has 2 rings (SSSR count). The average Bonchev–Trinajstić information content (AvgIpc) is 2.77. The monoisotopic (exact) mass is 344 g/mol. The second-order valence-electron chi connectivity index (χ2n) is 3.31. The maximum Gasteiger partial charge on any atom is 0.371 e. The Labute approximate surface area is 111 Å². The number of ether oxygens (including phenoxy) is 1. The van der Waals surface area contributed by atoms with E-state index in [2.05, 4.69) is 22.6 Å². The maximum atomic E-state index is 10.6. The Morgan fingerprint density at radius 3 is 2.53 bits per heavy atom. The number of aromatic carboxylic acids is 1. The number of hydrogen-bond acceptors (Lipinski definition) is 3. The number of hydrogen-bond donors (Lipinski definition) is 1. The quantitative estimate of drug-likeness (QED) is 0.866. The number of furan rings is 1. The molecule has 0 unspecified atom stereocenters. The summed E-state index contributed by atoms with van der Waals surface area (Å²) in [6.45, 7) is 0.216. The van der Waals surface area contributed by atoms with E-state index in [1.807, 2.05) is 24.3 Å². The molecule has 4 nitrogen and oxygen atoms in total. The van der Waals surface area contributed by atoms with E-state index in [1.165, 1.54) is 6.07 Å². The minimum atomic E-state index is -1.08. The van der Waals surface area contributed by atoms with Crippen molar-refractivity contribution >= 4 is 28.6 Å². The van der Waals surface area contributed by atoms with Gasteiger partial charge in [-0.05, 0) is 59.0 Å². The fourth-order valence-electron chi connectivity index (χ4n) is 1.26. The van der Waals surface area contributed by atoms with E-state index in [1.54, 1.807) is 6.07 Å². The molecule has 0 radical (unpaired) electrons. The van der Waals surface area contributed by atoms with Crippen molar-refractivity contribution in [2.75, 3.05) is 0 Å². The molecule has 1 aromatic heterocycles. The van der Waals surface area contributed by atoms with Crippen LogP contribution in [-0.4, -0.2) is 11.1 Å². The zero-order valence-electron chi connectivity index (χ0n) is 8.72. The highest BCUT2D eigenvalue weighted by Crippen LogP contribution is 2.16. The van der Waals surface area contributed by atoms with E-state index >= 15 is 0 Å². The molecule has 1 N–H and O–H groups in total. The third kappa shape index (κ3) is 3.23. The van der Waals surface area contributed by atoms with Gasteiger partial charge in [0.2, 0.25) is 5.76 Å². The summed E-state index contributed by atoms with van der Waals surface area (Å²) in [7, 11) is 0. The van der Waals surface area contributed by atoms with Gasteiger partial charge in [0, 0.05) is 3.57 Å². The van der Waals surface area contributed by atoms with Crippen LogP contribution in [0.25, 0.3) is 0 Å². The summed E-state index contributed by atoms with van der Waals surface area (Å²) in [4.78, 5) is 10.6. The minimum Gasteiger partial charge on any atom is -0.486 e. The van der Waals surface area contributed by atoms with Crippen LogP contribution < -0.4 is 4.74 Å². The lowest BCUT2D eigenvalue weighted by molar-refractivity contribution is 0.0658. The van der Waals surface area contributed by atoms with E-state index in [0.717, 1.165) is 9.32 Å². The van der Waals surface area contributed by atoms with Crippen molar-refractivity contribution < 1.29 is 19.1 Å². The number of halogens is 1. The number of carboxylic acid groups (broad SMARTS) is 1. The Hall–Kier alpha value is -1.50. The Kier molecular flexibility index (Phi) is 3.68. The molecule has 0 saturated carbocycles. The molecule has 0 saturated heterocycles. The Morgan fingerprint density at radius 1 is 1.24 bits per heavy atom. The van der Waals surface area contributed by atoms with Crippen molar-refractivity contribution in [2.24, 2.45) is 0 Å². The summed E-state index contributed by atoms with van der Waals surface area (Å²) in [5.41, 5.74) is 0. The predicted octanol–water partition coefficient (Wildman–Crippen LogP) is 3.16. The first kappa shape index (κ1) is 12.0. The third-order valence-electron chi connectivity index (χ3n) is 2.07. The first-order chi connectivity index (χ1) is 8.15. The smallest absolute Gasteiger partial charge is 0.371 e. The minimum absolute atomic E-state index is 0.0776. The molecule has 0 aliphatic carbocycles. The Morgan fingerprint density at radius 2 is 1.94 bits per heavy atom. The molecule has 0 fully saturated rings. The van der Waals surface area contributed by atoms with Gasteiger partial charge in [-0.1, -0.05) is 0 Å². The molecule has 88 valence electrons. The average molecular weight is 344 g/mol. The summed E-state index contributed by atoms with van der Waals surface area (Å²) in [5.74, 6) is 0.0522. The summed E-state index contributed by atoms with van der Waals surface area (Å²) >= 11 is 2.21. The number of rotatable bonds is 4. The molecular weight excluding hydrogens is 335 g/mol. The molecule has 0 aliphatic rings. The highest BCUT2D eigenvalue weighted by Gasteiger charge is 2.08. The molecule has 1 aromatic carbocycles. The van der Waals surface area contributed by atoms with Crippen molar-refractivity contribution in [3.05, 3.63) is 51.5 Å². The van der Waals surface area contributed by atoms with Crippen LogP contribution in [-0.2, 0) is 6.61 Å². The number of carboxylic acids is 1. The van der Waals surface area contributed by atoms with Crippen LogP contribution in [0.5, 0.6) is 5.75 Å². The lowest BCUT2D eigenvalue weighted by Crippen LogP contribution is -1.95. The van der Waals surface area contributed by atoms with Gasteiger partial charge in [0.25, 0.3) is 0 Å². The van der Waals surface area contributed by atoms with Gasteiger partial charge in [-0.15, -0.1) is 0 Å². The SMILES string of the molecule is O=C(O)c1ccc(COc2ccc(I)cc2)o1. The first-order valence-electron chi connectivity index (χ1n) is 4.85. The lowest BCUT2D eigenvalue weighted by Gasteiger charge is -2.03. The van der Waals surface area contributed by atoms with Crippen molar-refractivity contribution in [1.29, 1.82) is 0 Å². The van der Waals surface area contributed by atoms with Gasteiger partial charge in [-0.25, -0.2) is 4.79 Å². The fourth-order valence-corrected chi connectivity index (χ4v) is 1.62. The molecule has 5 heteroatoms. The molecule has 0 spiro atoms. The normalized spacial score (nSPS) is 10.2. The first-order valence-corrected chi connectivity index (χ1v) is 5.93. The van der Waals surface area contributed by atoms with Crippen molar-refractivity contribution in [2.45, 2.75) is 6.61 Å². The highest BCUT2D eigenvalue weighted by atomic mass is 127. The molecule has 17 heavy (non-hydrogen) atoms. The van der Waals surface area contributed by atoms with Crippen LogP contribution in [0.4, 0.5) is 0 Å². The van der Waals surface area contributed by atoms with Crippen LogP contribution in [0, 0.1) is 3.57 Å². The van der Waals surface area contributed by atoms with E-state index in [4.69, 9.17) is 14.3 Å². The zero-order valence-corrected chi connectivity index (χ0v) is 10.9. The van der Waals surface area contributed by atoms with Crippen LogP contribution in [0.3, 0.4) is 0 Å². The van der Waals surface area contributed by atoms with E-state index in [0.29, 0.717) is 5.76 Å². The number of carbonyl (C=O) groups is 1. The molecule has 2 aromatic rings. The summed E-state index contributed by atoms with van der Waals surface area (Å²) in [6.07, 6.45) is 0. The molecule has 0 aliphatic heterocycles. The van der Waals surface area contributed by atoms with Crippen molar-refractivity contribution in [1.82, 2.24) is 0 Å². The van der Waals surface area contributed by atoms with E-state index in [9.17, 15) is 4.79 Å². The zero-order chi connectivity index (χ0) is 12.3. The fraction of sp³-hybridized carbons (Fsp3) is 0.0833. The summed E-state index contributed by atoms with van der Waals surface area (Å²) in [5, 5.41) is 8.68. The van der Waals surface area contributed by atoms with E-state index in [-0.39, 0.29) is 12.4 Å². The number of benzene rings is 1. The van der Waals surface area contributed by atoms with Crippen molar-refractivity contribution in [3.63, 3.8) is 0 Å². The largest absolute Gasteiger partial charge is 0.486 e. The van der Waals surface area contributed by atoms with Crippen molar-refractivity contribution in [3.8, 4) is 5.75 Å². The van der Waals surface area contributed by atoms with Gasteiger partial charge < -0.3 is 14.3 Å². The highest BCUT2D eigenvalue weighted by molar-refractivity contribution is 14.1. The molecule has 0 atom stereocenters. The predicted molar refractivity (Wildman–Crippen MR) is 69.2 cm³/mol. The topological polar surface area (TPSA) is 59.7 Å². The van der Waals surface area contributed by atoms with Gasteiger partial charge in [0.05, 0.1) is 0 Å². The standard InChI is InChI=1S/C12H9IO4/c13-8-1-3-9(4-2-8)16-7-10-5-6-11(17-10)12(14)15/h1-6H,7H2,(H,14,15). The van der Waals surface area contributed by atoms with Crippen LogP contribution in [0.2, 0.25) is 0 Å². The summed E-state index contributed by atoms with van der Waals surface area (Å²) in [6, 6.07) is 10.6. The maximum absolute atomic E-state index is 10.6. The second kappa shape index (κ2) is 5.22. The third-order valence-corrected chi connectivity index (χ3v) is 2.79. The van der Waals surface area contributed by atoms with Crippen LogP contribution in [0.1, 0.15) is 16.3 Å². The van der Waals surface area contributed by atoms with Gasteiger partial charge in [-0.2, -0.15) is 0 Å². The van der Waals surface area contributed by atoms with Crippen LogP contribution >= 0.6 is 22.6 Å². The lowest BCUT2D eigenvalue weighted by atomic mass is 10.3. The van der Waals surface area contributed by atoms with Crippen LogP contribution in [0.15, 0.2) is 40.8 Å². The molecule has 1 heterocycles. The molecular formula is C12H9IO4. The Bertz CT molecular complexity index is 516. The molecule has 0 amide bonds. The Balaban J connectivity index is 1.97.